The Balaban J connectivity index is 1.35. The van der Waals surface area contributed by atoms with Crippen molar-refractivity contribution >= 4 is 11.6 Å². The van der Waals surface area contributed by atoms with Crippen LogP contribution in [0.2, 0.25) is 0 Å². The predicted molar refractivity (Wildman–Crippen MR) is 116 cm³/mol. The monoisotopic (exact) mass is 389 g/mol. The smallest absolute Gasteiger partial charge is 0.224 e. The number of nitrogens with zero attached hydrogens (tertiary/aromatic N) is 1. The fraction of sp³-hybridized carbons (Fsp3) is 0.250. The summed E-state index contributed by atoms with van der Waals surface area (Å²) in [5.41, 5.74) is 3.82. The van der Waals surface area contributed by atoms with E-state index in [2.05, 4.69) is 15.6 Å². The number of hydrogen-bond donors (Lipinski definition) is 3. The first-order chi connectivity index (χ1) is 14.2. The summed E-state index contributed by atoms with van der Waals surface area (Å²) in [4.78, 5) is 16.3. The van der Waals surface area contributed by atoms with E-state index in [1.54, 1.807) is 6.20 Å². The van der Waals surface area contributed by atoms with Gasteiger partial charge in [-0.3, -0.25) is 9.78 Å². The topological polar surface area (TPSA) is 74.2 Å². The van der Waals surface area contributed by atoms with Crippen LogP contribution in [0.25, 0.3) is 0 Å². The number of aliphatic hydroxyl groups excluding tert-OH is 1. The zero-order valence-electron chi connectivity index (χ0n) is 16.4. The second-order valence-electron chi connectivity index (χ2n) is 6.95. The summed E-state index contributed by atoms with van der Waals surface area (Å²) < 4.78 is 0. The number of aliphatic hydroxyl groups is 1. The normalized spacial score (nSPS) is 11.8. The summed E-state index contributed by atoms with van der Waals surface area (Å²) in [6, 6.07) is 23.3. The van der Waals surface area contributed by atoms with Crippen molar-refractivity contribution in [1.82, 2.24) is 10.3 Å². The van der Waals surface area contributed by atoms with E-state index in [0.29, 0.717) is 19.4 Å². The first-order valence-corrected chi connectivity index (χ1v) is 9.93. The van der Waals surface area contributed by atoms with Crippen molar-refractivity contribution in [2.45, 2.75) is 25.4 Å². The van der Waals surface area contributed by atoms with Gasteiger partial charge in [0.1, 0.15) is 0 Å². The van der Waals surface area contributed by atoms with Crippen LogP contribution in [-0.4, -0.2) is 29.1 Å². The highest BCUT2D eigenvalue weighted by Gasteiger charge is 2.06. The van der Waals surface area contributed by atoms with Crippen LogP contribution in [0.5, 0.6) is 0 Å². The number of aromatic nitrogens is 1. The van der Waals surface area contributed by atoms with Gasteiger partial charge in [-0.05, 0) is 54.8 Å². The maximum atomic E-state index is 12.1. The SMILES string of the molecule is O=C(CCc1ccccn1)Nc1ccc(CCNC[C@H](O)c2ccccc2)cc1. The number of aryl methyl sites for hydroxylation is 1. The van der Waals surface area contributed by atoms with Crippen molar-refractivity contribution in [1.29, 1.82) is 0 Å². The molecule has 0 aliphatic rings. The molecule has 1 atom stereocenters. The minimum absolute atomic E-state index is 0.0139. The van der Waals surface area contributed by atoms with Gasteiger partial charge < -0.3 is 15.7 Å². The van der Waals surface area contributed by atoms with Gasteiger partial charge in [0.15, 0.2) is 0 Å². The minimum Gasteiger partial charge on any atom is -0.387 e. The second-order valence-corrected chi connectivity index (χ2v) is 6.95. The molecule has 29 heavy (non-hydrogen) atoms. The predicted octanol–water partition coefficient (Wildman–Crippen LogP) is 3.52. The fourth-order valence-corrected chi connectivity index (χ4v) is 3.03. The lowest BCUT2D eigenvalue weighted by Crippen LogP contribution is -2.23. The van der Waals surface area contributed by atoms with Gasteiger partial charge in [-0.15, -0.1) is 0 Å². The molecule has 5 heteroatoms. The standard InChI is InChI=1S/C24H27N3O2/c28-23(20-6-2-1-3-7-20)18-25-17-15-19-9-11-22(12-10-19)27-24(29)14-13-21-8-4-5-16-26-21/h1-12,16,23,25,28H,13-15,17-18H2,(H,27,29)/t23-/m0/s1. The molecule has 0 unspecified atom stereocenters. The maximum absolute atomic E-state index is 12.1. The van der Waals surface area contributed by atoms with Crippen molar-refractivity contribution in [2.75, 3.05) is 18.4 Å². The Kier molecular flexibility index (Phi) is 7.92. The molecule has 1 amide bonds. The lowest BCUT2D eigenvalue weighted by atomic mass is 10.1. The number of hydrogen-bond acceptors (Lipinski definition) is 4. The average molecular weight is 389 g/mol. The third-order valence-corrected chi connectivity index (χ3v) is 4.68. The summed E-state index contributed by atoms with van der Waals surface area (Å²) in [6.07, 6.45) is 3.14. The Morgan fingerprint density at radius 3 is 2.41 bits per heavy atom. The van der Waals surface area contributed by atoms with Crippen molar-refractivity contribution in [2.24, 2.45) is 0 Å². The van der Waals surface area contributed by atoms with Gasteiger partial charge in [-0.2, -0.15) is 0 Å². The quantitative estimate of drug-likeness (QED) is 0.464. The molecule has 0 aliphatic heterocycles. The summed E-state index contributed by atoms with van der Waals surface area (Å²) >= 11 is 0. The average Bonchev–Trinajstić information content (AvgIpc) is 2.77. The van der Waals surface area contributed by atoms with Crippen LogP contribution in [0, 0.1) is 0 Å². The molecule has 0 saturated carbocycles. The van der Waals surface area contributed by atoms with E-state index in [-0.39, 0.29) is 5.91 Å². The zero-order chi connectivity index (χ0) is 20.3. The van der Waals surface area contributed by atoms with Gasteiger partial charge in [-0.1, -0.05) is 48.5 Å². The van der Waals surface area contributed by atoms with E-state index in [0.717, 1.165) is 29.9 Å². The highest BCUT2D eigenvalue weighted by atomic mass is 16.3. The number of carbonyl (C=O) groups excluding carboxylic acids is 1. The molecule has 0 saturated heterocycles. The number of rotatable bonds is 10. The van der Waals surface area contributed by atoms with Crippen molar-refractivity contribution in [3.8, 4) is 0 Å². The number of carbonyl (C=O) groups is 1. The Bertz CT molecular complexity index is 868. The number of pyridine rings is 1. The third kappa shape index (κ3) is 7.14. The number of amides is 1. The first kappa shape index (κ1) is 20.7. The molecule has 3 aromatic rings. The molecule has 2 aromatic carbocycles. The van der Waals surface area contributed by atoms with E-state index in [1.807, 2.05) is 72.8 Å². The number of benzene rings is 2. The van der Waals surface area contributed by atoms with E-state index in [4.69, 9.17) is 0 Å². The maximum Gasteiger partial charge on any atom is 0.224 e. The van der Waals surface area contributed by atoms with Gasteiger partial charge in [0.25, 0.3) is 0 Å². The van der Waals surface area contributed by atoms with Gasteiger partial charge >= 0.3 is 0 Å². The molecule has 3 rings (SSSR count). The number of anilines is 1. The van der Waals surface area contributed by atoms with Gasteiger partial charge in [0, 0.05) is 30.5 Å². The molecule has 0 fully saturated rings. The fourth-order valence-electron chi connectivity index (χ4n) is 3.03. The molecular weight excluding hydrogens is 362 g/mol. The molecule has 1 heterocycles. The summed E-state index contributed by atoms with van der Waals surface area (Å²) in [6.45, 7) is 1.30. The molecule has 1 aromatic heterocycles. The molecule has 0 bridgehead atoms. The molecule has 5 nitrogen and oxygen atoms in total. The van der Waals surface area contributed by atoms with Crippen LogP contribution in [0.3, 0.4) is 0 Å². The number of nitrogens with one attached hydrogen (secondary N) is 2. The van der Waals surface area contributed by atoms with Crippen molar-refractivity contribution in [3.05, 3.63) is 95.8 Å². The van der Waals surface area contributed by atoms with Crippen LogP contribution in [-0.2, 0) is 17.6 Å². The van der Waals surface area contributed by atoms with Crippen molar-refractivity contribution < 1.29 is 9.90 Å². The molecule has 3 N–H and O–H groups in total. The Morgan fingerprint density at radius 2 is 1.69 bits per heavy atom. The van der Waals surface area contributed by atoms with Crippen LogP contribution in [0.1, 0.15) is 29.3 Å². The molecular formula is C24H27N3O2. The largest absolute Gasteiger partial charge is 0.387 e. The van der Waals surface area contributed by atoms with Crippen LogP contribution >= 0.6 is 0 Å². The second kappa shape index (κ2) is 11.1. The molecule has 150 valence electrons. The Labute approximate surface area is 171 Å². The van der Waals surface area contributed by atoms with Crippen LogP contribution in [0.4, 0.5) is 5.69 Å². The molecule has 0 spiro atoms. The lowest BCUT2D eigenvalue weighted by Gasteiger charge is -2.12. The van der Waals surface area contributed by atoms with E-state index < -0.39 is 6.10 Å². The van der Waals surface area contributed by atoms with E-state index in [1.165, 1.54) is 5.56 Å². The Hall–Kier alpha value is -3.02. The summed E-state index contributed by atoms with van der Waals surface area (Å²) in [5.74, 6) is -0.0139. The molecule has 0 aliphatic carbocycles. The highest BCUT2D eigenvalue weighted by Crippen LogP contribution is 2.12. The van der Waals surface area contributed by atoms with Gasteiger partial charge in [-0.25, -0.2) is 0 Å². The van der Waals surface area contributed by atoms with Gasteiger partial charge in [0.2, 0.25) is 5.91 Å². The lowest BCUT2D eigenvalue weighted by molar-refractivity contribution is -0.116. The highest BCUT2D eigenvalue weighted by molar-refractivity contribution is 5.90. The zero-order valence-corrected chi connectivity index (χ0v) is 16.4. The third-order valence-electron chi connectivity index (χ3n) is 4.68. The van der Waals surface area contributed by atoms with Crippen molar-refractivity contribution in [3.63, 3.8) is 0 Å². The van der Waals surface area contributed by atoms with E-state index >= 15 is 0 Å². The summed E-state index contributed by atoms with van der Waals surface area (Å²) in [5, 5.41) is 16.4. The van der Waals surface area contributed by atoms with Crippen LogP contribution in [0.15, 0.2) is 79.0 Å². The summed E-state index contributed by atoms with van der Waals surface area (Å²) in [7, 11) is 0. The minimum atomic E-state index is -0.500. The van der Waals surface area contributed by atoms with Crippen LogP contribution < -0.4 is 10.6 Å². The van der Waals surface area contributed by atoms with E-state index in [9.17, 15) is 9.90 Å². The van der Waals surface area contributed by atoms with Gasteiger partial charge in [0.05, 0.1) is 6.10 Å². The first-order valence-electron chi connectivity index (χ1n) is 9.93. The Morgan fingerprint density at radius 1 is 0.931 bits per heavy atom. The molecule has 0 radical (unpaired) electrons.